The summed E-state index contributed by atoms with van der Waals surface area (Å²) in [4.78, 5) is 11.9. The van der Waals surface area contributed by atoms with Crippen LogP contribution in [0.4, 0.5) is 0 Å². The summed E-state index contributed by atoms with van der Waals surface area (Å²) in [6, 6.07) is 0. The molecule has 0 bridgehead atoms. The third-order valence-electron chi connectivity index (χ3n) is 9.68. The van der Waals surface area contributed by atoms with Gasteiger partial charge in [0.05, 0.1) is 5.60 Å². The van der Waals surface area contributed by atoms with E-state index in [9.17, 15) is 9.90 Å². The fourth-order valence-electron chi connectivity index (χ4n) is 8.38. The number of rotatable bonds is 3. The molecule has 9 atom stereocenters. The number of carbonyl (C=O) groups excluding carboxylic acids is 1. The average molecular weight is 359 g/mol. The van der Waals surface area contributed by atoms with E-state index in [0.29, 0.717) is 11.3 Å². The van der Waals surface area contributed by atoms with Crippen molar-refractivity contribution >= 4 is 6.29 Å². The van der Waals surface area contributed by atoms with E-state index in [1.54, 1.807) is 0 Å². The summed E-state index contributed by atoms with van der Waals surface area (Å²) < 4.78 is 0. The standard InChI is InChI=1S/C24H38O2/c1-5-22(2,15-25)21-9-8-20-19-7-6-16-14-23(3,26)12-10-17(16)18(19)11-13-24(20,21)4/h5,15-21,26H,1,6-14H2,2-4H3/t16-,17+,18-,19-,20+,21-,22?,23-,24+/m1/s1. The van der Waals surface area contributed by atoms with Crippen LogP contribution in [0.25, 0.3) is 0 Å². The lowest BCUT2D eigenvalue weighted by Crippen LogP contribution is -2.51. The van der Waals surface area contributed by atoms with Crippen LogP contribution in [0.15, 0.2) is 12.7 Å². The predicted octanol–water partition coefficient (Wildman–Crippen LogP) is 5.40. The SMILES string of the molecule is C=CC(C)(C=O)[C@H]1CC[C@H]2[C@@H]3CC[C@@H]4C[C@](C)(O)CC[C@@H]4[C@H]3CC[C@]12C. The van der Waals surface area contributed by atoms with E-state index in [4.69, 9.17) is 0 Å². The van der Waals surface area contributed by atoms with E-state index in [1.165, 1.54) is 51.2 Å². The molecule has 1 unspecified atom stereocenters. The topological polar surface area (TPSA) is 37.3 Å². The smallest absolute Gasteiger partial charge is 0.129 e. The highest BCUT2D eigenvalue weighted by Crippen LogP contribution is 2.67. The molecule has 4 fully saturated rings. The first-order chi connectivity index (χ1) is 12.2. The quantitative estimate of drug-likeness (QED) is 0.542. The van der Waals surface area contributed by atoms with E-state index in [1.807, 2.05) is 13.0 Å². The van der Waals surface area contributed by atoms with Gasteiger partial charge in [0, 0.05) is 5.41 Å². The van der Waals surface area contributed by atoms with Gasteiger partial charge in [0.25, 0.3) is 0 Å². The van der Waals surface area contributed by atoms with E-state index in [0.717, 1.165) is 42.4 Å². The van der Waals surface area contributed by atoms with Gasteiger partial charge in [-0.15, -0.1) is 6.58 Å². The molecule has 2 nitrogen and oxygen atoms in total. The normalized spacial score (nSPS) is 52.9. The minimum atomic E-state index is -0.425. The van der Waals surface area contributed by atoms with Crippen molar-refractivity contribution in [2.45, 2.75) is 84.2 Å². The highest BCUT2D eigenvalue weighted by molar-refractivity contribution is 5.63. The first kappa shape index (κ1) is 18.7. The number of hydrogen-bond donors (Lipinski definition) is 1. The fraction of sp³-hybridized carbons (Fsp3) is 0.875. The number of carbonyl (C=O) groups is 1. The Labute approximate surface area is 159 Å². The van der Waals surface area contributed by atoms with Crippen LogP contribution in [0.5, 0.6) is 0 Å². The van der Waals surface area contributed by atoms with Gasteiger partial charge in [-0.1, -0.05) is 13.0 Å². The van der Waals surface area contributed by atoms with Gasteiger partial charge in [-0.2, -0.15) is 0 Å². The molecule has 0 saturated heterocycles. The van der Waals surface area contributed by atoms with Crippen molar-refractivity contribution < 1.29 is 9.90 Å². The van der Waals surface area contributed by atoms with Crippen LogP contribution in [0.2, 0.25) is 0 Å². The van der Waals surface area contributed by atoms with Crippen molar-refractivity contribution in [1.82, 2.24) is 0 Å². The second-order valence-corrected chi connectivity index (χ2v) is 11.0. The summed E-state index contributed by atoms with van der Waals surface area (Å²) >= 11 is 0. The Kier molecular flexibility index (Phi) is 4.46. The highest BCUT2D eigenvalue weighted by Gasteiger charge is 2.60. The van der Waals surface area contributed by atoms with Gasteiger partial charge in [0.15, 0.2) is 0 Å². The van der Waals surface area contributed by atoms with Gasteiger partial charge in [0.2, 0.25) is 0 Å². The summed E-state index contributed by atoms with van der Waals surface area (Å²) in [7, 11) is 0. The van der Waals surface area contributed by atoms with Gasteiger partial charge < -0.3 is 9.90 Å². The second kappa shape index (κ2) is 6.19. The summed E-state index contributed by atoms with van der Waals surface area (Å²) in [5, 5.41) is 10.5. The molecule has 4 saturated carbocycles. The summed E-state index contributed by atoms with van der Waals surface area (Å²) in [5.41, 5.74) is -0.486. The molecule has 2 heteroatoms. The Hall–Kier alpha value is -0.630. The summed E-state index contributed by atoms with van der Waals surface area (Å²) in [5.74, 6) is 4.55. The zero-order valence-electron chi connectivity index (χ0n) is 17.0. The maximum atomic E-state index is 11.9. The molecule has 0 aliphatic heterocycles. The predicted molar refractivity (Wildman–Crippen MR) is 106 cm³/mol. The third kappa shape index (κ3) is 2.65. The first-order valence-electron chi connectivity index (χ1n) is 11.1. The zero-order chi connectivity index (χ0) is 18.7. The minimum Gasteiger partial charge on any atom is -0.390 e. The zero-order valence-corrected chi connectivity index (χ0v) is 17.0. The molecule has 146 valence electrons. The van der Waals surface area contributed by atoms with Crippen LogP contribution >= 0.6 is 0 Å². The molecule has 1 N–H and O–H groups in total. The average Bonchev–Trinajstić information content (AvgIpc) is 2.97. The maximum Gasteiger partial charge on any atom is 0.129 e. The van der Waals surface area contributed by atoms with E-state index in [-0.39, 0.29) is 5.41 Å². The number of fused-ring (bicyclic) bond motifs is 5. The second-order valence-electron chi connectivity index (χ2n) is 11.0. The van der Waals surface area contributed by atoms with E-state index < -0.39 is 5.60 Å². The lowest BCUT2D eigenvalue weighted by atomic mass is 9.47. The van der Waals surface area contributed by atoms with Crippen molar-refractivity contribution in [3.05, 3.63) is 12.7 Å². The van der Waals surface area contributed by atoms with Crippen molar-refractivity contribution in [1.29, 1.82) is 0 Å². The third-order valence-corrected chi connectivity index (χ3v) is 9.68. The molecule has 0 spiro atoms. The van der Waals surface area contributed by atoms with Crippen LogP contribution in [-0.2, 0) is 4.79 Å². The number of allylic oxidation sites excluding steroid dienone is 1. The molecule has 26 heavy (non-hydrogen) atoms. The molecular formula is C24H38O2. The molecule has 0 aromatic carbocycles. The van der Waals surface area contributed by atoms with Crippen LogP contribution in [0.1, 0.15) is 78.6 Å². The summed E-state index contributed by atoms with van der Waals surface area (Å²) in [6.45, 7) is 10.7. The van der Waals surface area contributed by atoms with Gasteiger partial charge in [-0.25, -0.2) is 0 Å². The van der Waals surface area contributed by atoms with Crippen molar-refractivity contribution in [3.63, 3.8) is 0 Å². The van der Waals surface area contributed by atoms with E-state index >= 15 is 0 Å². The fourth-order valence-corrected chi connectivity index (χ4v) is 8.38. The van der Waals surface area contributed by atoms with E-state index in [2.05, 4.69) is 20.4 Å². The van der Waals surface area contributed by atoms with Crippen molar-refractivity contribution in [2.24, 2.45) is 46.3 Å². The molecule has 0 radical (unpaired) electrons. The number of aliphatic hydroxyl groups is 1. The van der Waals surface area contributed by atoms with Crippen LogP contribution in [-0.4, -0.2) is 17.0 Å². The lowest BCUT2D eigenvalue weighted by Gasteiger charge is -2.57. The molecular weight excluding hydrogens is 320 g/mol. The Balaban J connectivity index is 1.57. The highest BCUT2D eigenvalue weighted by atomic mass is 16.3. The monoisotopic (exact) mass is 358 g/mol. The molecule has 0 aromatic rings. The molecule has 0 aromatic heterocycles. The van der Waals surface area contributed by atoms with Gasteiger partial charge in [-0.3, -0.25) is 0 Å². The number of hydrogen-bond acceptors (Lipinski definition) is 2. The van der Waals surface area contributed by atoms with Crippen LogP contribution < -0.4 is 0 Å². The molecule has 0 heterocycles. The van der Waals surface area contributed by atoms with Crippen molar-refractivity contribution in [3.8, 4) is 0 Å². The molecule has 4 rings (SSSR count). The van der Waals surface area contributed by atoms with Gasteiger partial charge in [-0.05, 0) is 113 Å². The molecule has 0 amide bonds. The lowest BCUT2D eigenvalue weighted by molar-refractivity contribution is -0.123. The number of aldehydes is 1. The first-order valence-corrected chi connectivity index (χ1v) is 11.1. The van der Waals surface area contributed by atoms with Gasteiger partial charge >= 0.3 is 0 Å². The van der Waals surface area contributed by atoms with Crippen LogP contribution in [0.3, 0.4) is 0 Å². The Bertz CT molecular complexity index is 571. The largest absolute Gasteiger partial charge is 0.390 e. The Morgan fingerprint density at radius 2 is 1.73 bits per heavy atom. The van der Waals surface area contributed by atoms with Crippen molar-refractivity contribution in [2.75, 3.05) is 0 Å². The Morgan fingerprint density at radius 1 is 1.00 bits per heavy atom. The maximum absolute atomic E-state index is 11.9. The van der Waals surface area contributed by atoms with Crippen LogP contribution in [0, 0.1) is 46.3 Å². The Morgan fingerprint density at radius 3 is 2.42 bits per heavy atom. The molecule has 4 aliphatic carbocycles. The molecule has 4 aliphatic rings. The summed E-state index contributed by atoms with van der Waals surface area (Å²) in [6.07, 6.45) is 14.1. The minimum absolute atomic E-state index is 0.304. The van der Waals surface area contributed by atoms with Gasteiger partial charge in [0.1, 0.15) is 6.29 Å².